The van der Waals surface area contributed by atoms with Crippen LogP contribution in [0.4, 0.5) is 10.5 Å². The molecule has 2 aromatic rings. The Balaban J connectivity index is 0.00000280. The van der Waals surface area contributed by atoms with Gasteiger partial charge in [-0.15, -0.1) is 12.4 Å². The molecule has 3 N–H and O–H groups in total. The topological polar surface area (TPSA) is 86.4 Å². The molecule has 2 heterocycles. The van der Waals surface area contributed by atoms with Gasteiger partial charge >= 0.3 is 6.03 Å². The molecule has 3 amide bonds. The Morgan fingerprint density at radius 1 is 1.25 bits per heavy atom. The second-order valence-corrected chi connectivity index (χ2v) is 6.78. The van der Waals surface area contributed by atoms with Gasteiger partial charge in [-0.25, -0.2) is 4.79 Å². The van der Waals surface area contributed by atoms with Crippen LogP contribution in [0.5, 0.6) is 0 Å². The van der Waals surface area contributed by atoms with Gasteiger partial charge in [-0.05, 0) is 48.7 Å². The standard InChI is InChI=1S/C20H25N5O2.ClH/c1-14-5-6-17(10-15(14)2)23-20(27)24-19(26)13-25-9-8-22-12-18(25)16-4-3-7-21-11-16;/h3-7,10-11,18,22H,8-9,12-13H2,1-2H3,(H2,23,24,26,27);1H. The van der Waals surface area contributed by atoms with Gasteiger partial charge in [0.25, 0.3) is 0 Å². The lowest BCUT2D eigenvalue weighted by Gasteiger charge is -2.35. The van der Waals surface area contributed by atoms with E-state index < -0.39 is 6.03 Å². The van der Waals surface area contributed by atoms with Crippen LogP contribution in [0.3, 0.4) is 0 Å². The minimum atomic E-state index is -0.517. The average Bonchev–Trinajstić information content (AvgIpc) is 2.66. The molecule has 1 aliphatic heterocycles. The van der Waals surface area contributed by atoms with Crippen molar-refractivity contribution in [1.29, 1.82) is 0 Å². The van der Waals surface area contributed by atoms with E-state index in [4.69, 9.17) is 0 Å². The zero-order valence-corrected chi connectivity index (χ0v) is 16.9. The van der Waals surface area contributed by atoms with Gasteiger partial charge < -0.3 is 10.6 Å². The van der Waals surface area contributed by atoms with Crippen molar-refractivity contribution in [2.24, 2.45) is 0 Å². The summed E-state index contributed by atoms with van der Waals surface area (Å²) >= 11 is 0. The number of hydrogen-bond acceptors (Lipinski definition) is 5. The number of carbonyl (C=O) groups excluding carboxylic acids is 2. The Labute approximate surface area is 171 Å². The monoisotopic (exact) mass is 403 g/mol. The molecule has 28 heavy (non-hydrogen) atoms. The third kappa shape index (κ3) is 5.76. The summed E-state index contributed by atoms with van der Waals surface area (Å²) in [6, 6.07) is 9.07. The van der Waals surface area contributed by atoms with Gasteiger partial charge in [0.1, 0.15) is 0 Å². The number of anilines is 1. The molecule has 8 heteroatoms. The second-order valence-electron chi connectivity index (χ2n) is 6.78. The Bertz CT molecular complexity index is 815. The maximum Gasteiger partial charge on any atom is 0.325 e. The van der Waals surface area contributed by atoms with Gasteiger partial charge in [-0.2, -0.15) is 0 Å². The van der Waals surface area contributed by atoms with Gasteiger partial charge in [-0.3, -0.25) is 20.0 Å². The zero-order chi connectivity index (χ0) is 19.2. The molecule has 1 aliphatic rings. The SMILES string of the molecule is Cc1ccc(NC(=O)NC(=O)CN2CCNCC2c2cccnc2)cc1C.Cl. The van der Waals surface area contributed by atoms with Crippen molar-refractivity contribution in [3.63, 3.8) is 0 Å². The summed E-state index contributed by atoms with van der Waals surface area (Å²) < 4.78 is 0. The molecule has 150 valence electrons. The Hall–Kier alpha value is -2.48. The van der Waals surface area contributed by atoms with E-state index in [0.717, 1.165) is 36.3 Å². The predicted molar refractivity (Wildman–Crippen MR) is 112 cm³/mol. The lowest BCUT2D eigenvalue weighted by molar-refractivity contribution is -0.121. The highest BCUT2D eigenvalue weighted by Crippen LogP contribution is 2.20. The zero-order valence-electron chi connectivity index (χ0n) is 16.1. The number of halogens is 1. The summed E-state index contributed by atoms with van der Waals surface area (Å²) in [5.41, 5.74) is 3.95. The van der Waals surface area contributed by atoms with Crippen molar-refractivity contribution in [2.75, 3.05) is 31.5 Å². The molecule has 1 fully saturated rings. The van der Waals surface area contributed by atoms with Crippen LogP contribution in [0.15, 0.2) is 42.7 Å². The molecule has 1 unspecified atom stereocenters. The number of benzene rings is 1. The van der Waals surface area contributed by atoms with E-state index in [-0.39, 0.29) is 30.9 Å². The molecule has 1 atom stereocenters. The van der Waals surface area contributed by atoms with Crippen LogP contribution in [-0.2, 0) is 4.79 Å². The van der Waals surface area contributed by atoms with Crippen LogP contribution in [0.2, 0.25) is 0 Å². The molecule has 1 aromatic carbocycles. The minimum absolute atomic E-state index is 0. The molecule has 0 saturated carbocycles. The molecular formula is C20H26ClN5O2. The maximum absolute atomic E-state index is 12.4. The van der Waals surface area contributed by atoms with Crippen LogP contribution in [0.1, 0.15) is 22.7 Å². The van der Waals surface area contributed by atoms with E-state index >= 15 is 0 Å². The summed E-state index contributed by atoms with van der Waals surface area (Å²) in [7, 11) is 0. The van der Waals surface area contributed by atoms with Crippen molar-refractivity contribution in [1.82, 2.24) is 20.5 Å². The summed E-state index contributed by atoms with van der Waals surface area (Å²) in [4.78, 5) is 30.7. The number of rotatable bonds is 4. The fraction of sp³-hybridized carbons (Fsp3) is 0.350. The molecule has 0 radical (unpaired) electrons. The molecule has 7 nitrogen and oxygen atoms in total. The number of hydrogen-bond donors (Lipinski definition) is 3. The van der Waals surface area contributed by atoms with Gasteiger partial charge in [0.15, 0.2) is 0 Å². The van der Waals surface area contributed by atoms with E-state index in [1.807, 2.05) is 50.4 Å². The molecule has 3 rings (SSSR count). The van der Waals surface area contributed by atoms with Crippen molar-refractivity contribution < 1.29 is 9.59 Å². The van der Waals surface area contributed by atoms with Gasteiger partial charge in [-0.1, -0.05) is 12.1 Å². The van der Waals surface area contributed by atoms with Gasteiger partial charge in [0, 0.05) is 43.8 Å². The van der Waals surface area contributed by atoms with E-state index in [0.29, 0.717) is 5.69 Å². The normalized spacial score (nSPS) is 16.7. The van der Waals surface area contributed by atoms with E-state index in [1.54, 1.807) is 6.20 Å². The number of nitrogens with zero attached hydrogens (tertiary/aromatic N) is 2. The average molecular weight is 404 g/mol. The first-order chi connectivity index (χ1) is 13.0. The Morgan fingerprint density at radius 2 is 2.07 bits per heavy atom. The lowest BCUT2D eigenvalue weighted by Crippen LogP contribution is -2.50. The Morgan fingerprint density at radius 3 is 2.79 bits per heavy atom. The van der Waals surface area contributed by atoms with Gasteiger partial charge in [0.05, 0.1) is 6.54 Å². The molecule has 1 saturated heterocycles. The van der Waals surface area contributed by atoms with Crippen molar-refractivity contribution >= 4 is 30.0 Å². The van der Waals surface area contributed by atoms with Crippen LogP contribution in [0.25, 0.3) is 0 Å². The quantitative estimate of drug-likeness (QED) is 0.729. The minimum Gasteiger partial charge on any atom is -0.314 e. The lowest BCUT2D eigenvalue weighted by atomic mass is 10.1. The summed E-state index contributed by atoms with van der Waals surface area (Å²) in [6.45, 7) is 6.42. The number of pyridine rings is 1. The first-order valence-electron chi connectivity index (χ1n) is 9.05. The van der Waals surface area contributed by atoms with E-state index in [1.165, 1.54) is 0 Å². The smallest absolute Gasteiger partial charge is 0.314 e. The number of nitrogens with one attached hydrogen (secondary N) is 3. The number of piperazine rings is 1. The first-order valence-corrected chi connectivity index (χ1v) is 9.05. The number of aromatic nitrogens is 1. The molecular weight excluding hydrogens is 378 g/mol. The summed E-state index contributed by atoms with van der Waals surface area (Å²) in [5, 5.41) is 8.46. The van der Waals surface area contributed by atoms with Crippen LogP contribution >= 0.6 is 12.4 Å². The molecule has 0 aliphatic carbocycles. The first kappa shape index (κ1) is 21.8. The van der Waals surface area contributed by atoms with Crippen LogP contribution in [-0.4, -0.2) is 48.0 Å². The fourth-order valence-electron chi connectivity index (χ4n) is 3.17. The fourth-order valence-corrected chi connectivity index (χ4v) is 3.17. The highest BCUT2D eigenvalue weighted by atomic mass is 35.5. The highest BCUT2D eigenvalue weighted by Gasteiger charge is 2.26. The van der Waals surface area contributed by atoms with Crippen molar-refractivity contribution in [3.8, 4) is 0 Å². The highest BCUT2D eigenvalue weighted by molar-refractivity contribution is 6.01. The maximum atomic E-state index is 12.4. The Kier molecular flexibility index (Phi) is 7.92. The van der Waals surface area contributed by atoms with E-state index in [9.17, 15) is 9.59 Å². The molecule has 0 bridgehead atoms. The van der Waals surface area contributed by atoms with Crippen LogP contribution in [0, 0.1) is 13.8 Å². The predicted octanol–water partition coefficient (Wildman–Crippen LogP) is 2.41. The number of urea groups is 1. The molecule has 0 spiro atoms. The number of carbonyl (C=O) groups is 2. The third-order valence-electron chi connectivity index (χ3n) is 4.79. The van der Waals surface area contributed by atoms with Crippen molar-refractivity contribution in [3.05, 3.63) is 59.4 Å². The summed E-state index contributed by atoms with van der Waals surface area (Å²) in [6.07, 6.45) is 3.54. The third-order valence-corrected chi connectivity index (χ3v) is 4.79. The van der Waals surface area contributed by atoms with Crippen molar-refractivity contribution in [2.45, 2.75) is 19.9 Å². The number of aryl methyl sites for hydroxylation is 2. The number of imide groups is 1. The summed E-state index contributed by atoms with van der Waals surface area (Å²) in [5.74, 6) is -0.327. The van der Waals surface area contributed by atoms with Crippen LogP contribution < -0.4 is 16.0 Å². The molecule has 1 aromatic heterocycles. The van der Waals surface area contributed by atoms with E-state index in [2.05, 4.69) is 25.8 Å². The number of amides is 3. The van der Waals surface area contributed by atoms with Gasteiger partial charge in [0.2, 0.25) is 5.91 Å². The largest absolute Gasteiger partial charge is 0.325 e. The second kappa shape index (κ2) is 10.2.